The van der Waals surface area contributed by atoms with E-state index in [1.54, 1.807) is 0 Å². The smallest absolute Gasteiger partial charge is 0.261 e. The molecule has 5 heteroatoms. The van der Waals surface area contributed by atoms with E-state index in [0.29, 0.717) is 5.69 Å². The van der Waals surface area contributed by atoms with Gasteiger partial charge in [-0.1, -0.05) is 0 Å². The van der Waals surface area contributed by atoms with Gasteiger partial charge in [-0.15, -0.1) is 11.6 Å². The number of pyridine rings is 1. The number of nitrogens with zero attached hydrogens (tertiary/aromatic N) is 1. The highest BCUT2D eigenvalue weighted by molar-refractivity contribution is 6.17. The normalized spacial score (nSPS) is 11.8. The highest BCUT2D eigenvalue weighted by atomic mass is 35.5. The molecule has 0 bridgehead atoms. The average Bonchev–Trinajstić information content (AvgIpc) is 2.03. The van der Waals surface area contributed by atoms with E-state index in [1.165, 1.54) is 6.92 Å². The summed E-state index contributed by atoms with van der Waals surface area (Å²) in [5.41, 5.74) is -0.351. The maximum atomic E-state index is 12.3. The first-order chi connectivity index (χ1) is 5.95. The van der Waals surface area contributed by atoms with Crippen molar-refractivity contribution in [3.63, 3.8) is 0 Å². The van der Waals surface area contributed by atoms with Gasteiger partial charge in [-0.2, -0.15) is 13.2 Å². The fraction of sp³-hybridized carbons (Fsp3) is 0.375. The van der Waals surface area contributed by atoms with Gasteiger partial charge in [-0.3, -0.25) is 4.98 Å². The van der Waals surface area contributed by atoms with Crippen molar-refractivity contribution in [2.24, 2.45) is 0 Å². The van der Waals surface area contributed by atoms with E-state index in [0.717, 1.165) is 12.3 Å². The highest BCUT2D eigenvalue weighted by Crippen LogP contribution is 2.32. The molecule has 0 fully saturated rings. The monoisotopic (exact) mass is 209 g/mol. The maximum absolute atomic E-state index is 12.3. The first-order valence-corrected chi connectivity index (χ1v) is 4.07. The molecule has 0 aliphatic carbocycles. The summed E-state index contributed by atoms with van der Waals surface area (Å²) in [6, 6.07) is 0.998. The lowest BCUT2D eigenvalue weighted by atomic mass is 10.1. The molecule has 0 saturated carbocycles. The van der Waals surface area contributed by atoms with Crippen LogP contribution in [0.15, 0.2) is 12.3 Å². The molecule has 0 radical (unpaired) electrons. The van der Waals surface area contributed by atoms with Gasteiger partial charge in [0, 0.05) is 17.8 Å². The van der Waals surface area contributed by atoms with E-state index in [2.05, 4.69) is 4.98 Å². The zero-order chi connectivity index (χ0) is 10.1. The van der Waals surface area contributed by atoms with Gasteiger partial charge in [0.15, 0.2) is 0 Å². The quantitative estimate of drug-likeness (QED) is 0.648. The molecule has 0 aliphatic heterocycles. The van der Waals surface area contributed by atoms with Crippen molar-refractivity contribution in [2.75, 3.05) is 0 Å². The third-order valence-corrected chi connectivity index (χ3v) is 1.86. The van der Waals surface area contributed by atoms with E-state index in [9.17, 15) is 13.2 Å². The van der Waals surface area contributed by atoms with Crippen molar-refractivity contribution < 1.29 is 13.2 Å². The topological polar surface area (TPSA) is 12.9 Å². The van der Waals surface area contributed by atoms with Gasteiger partial charge in [0.05, 0.1) is 5.56 Å². The molecule has 1 heterocycles. The molecule has 1 rings (SSSR count). The fourth-order valence-electron chi connectivity index (χ4n) is 0.959. The lowest BCUT2D eigenvalue weighted by Gasteiger charge is -2.10. The predicted octanol–water partition coefficient (Wildman–Crippen LogP) is 3.15. The number of aromatic nitrogens is 1. The second kappa shape index (κ2) is 3.54. The molecule has 13 heavy (non-hydrogen) atoms. The molecule has 0 unspecified atom stereocenters. The minimum absolute atomic E-state index is 0.0137. The number of hydrogen-bond donors (Lipinski definition) is 0. The minimum atomic E-state index is -4.35. The summed E-state index contributed by atoms with van der Waals surface area (Å²) in [5, 5.41) is 0. The van der Waals surface area contributed by atoms with Crippen LogP contribution in [0, 0.1) is 6.92 Å². The van der Waals surface area contributed by atoms with Crippen LogP contribution in [0.25, 0.3) is 0 Å². The Morgan fingerprint density at radius 1 is 1.46 bits per heavy atom. The number of alkyl halides is 4. The Bertz CT molecular complexity index is 309. The Labute approximate surface area is 78.5 Å². The average molecular weight is 210 g/mol. The fourth-order valence-corrected chi connectivity index (χ4v) is 1.17. The Morgan fingerprint density at radius 2 is 2.08 bits per heavy atom. The molecule has 1 aromatic heterocycles. The zero-order valence-corrected chi connectivity index (χ0v) is 7.58. The van der Waals surface area contributed by atoms with Crippen LogP contribution in [0.3, 0.4) is 0 Å². The van der Waals surface area contributed by atoms with Crippen molar-refractivity contribution >= 4 is 11.6 Å². The molecule has 0 saturated heterocycles. The lowest BCUT2D eigenvalue weighted by Crippen LogP contribution is -2.09. The third-order valence-electron chi connectivity index (χ3n) is 1.57. The summed E-state index contributed by atoms with van der Waals surface area (Å²) in [4.78, 5) is 3.74. The van der Waals surface area contributed by atoms with Gasteiger partial charge in [0.1, 0.15) is 0 Å². The molecule has 72 valence electrons. The van der Waals surface area contributed by atoms with E-state index in [1.807, 2.05) is 0 Å². The Balaban J connectivity index is 3.24. The Morgan fingerprint density at radius 3 is 2.54 bits per heavy atom. The standard InChI is InChI=1S/C8H7ClF3N/c1-5-2-7(8(10,11)12)6(3-9)4-13-5/h2,4H,3H2,1H3. The molecule has 1 aromatic rings. The first kappa shape index (κ1) is 10.3. The van der Waals surface area contributed by atoms with Crippen molar-refractivity contribution in [2.45, 2.75) is 19.0 Å². The van der Waals surface area contributed by atoms with Gasteiger partial charge < -0.3 is 0 Å². The van der Waals surface area contributed by atoms with Crippen LogP contribution >= 0.6 is 11.6 Å². The van der Waals surface area contributed by atoms with Crippen LogP contribution in [0.5, 0.6) is 0 Å². The second-order valence-electron chi connectivity index (χ2n) is 2.61. The van der Waals surface area contributed by atoms with E-state index >= 15 is 0 Å². The van der Waals surface area contributed by atoms with Crippen molar-refractivity contribution in [3.05, 3.63) is 29.1 Å². The van der Waals surface area contributed by atoms with Crippen LogP contribution in [-0.4, -0.2) is 4.98 Å². The summed E-state index contributed by atoms with van der Waals surface area (Å²) < 4.78 is 37.0. The first-order valence-electron chi connectivity index (χ1n) is 3.54. The SMILES string of the molecule is Cc1cc(C(F)(F)F)c(CCl)cn1. The molecule has 0 atom stereocenters. The van der Waals surface area contributed by atoms with Crippen LogP contribution in [0.1, 0.15) is 16.8 Å². The summed E-state index contributed by atoms with van der Waals surface area (Å²) in [6.07, 6.45) is -3.19. The molecule has 0 N–H and O–H groups in total. The molecule has 1 nitrogen and oxygen atoms in total. The predicted molar refractivity (Wildman–Crippen MR) is 43.5 cm³/mol. The van der Waals surface area contributed by atoms with Crippen LogP contribution in [-0.2, 0) is 12.1 Å². The van der Waals surface area contributed by atoms with Crippen molar-refractivity contribution in [1.29, 1.82) is 0 Å². The van der Waals surface area contributed by atoms with Gasteiger partial charge in [-0.05, 0) is 18.6 Å². The van der Waals surface area contributed by atoms with Gasteiger partial charge in [0.2, 0.25) is 0 Å². The Kier molecular flexibility index (Phi) is 2.81. The van der Waals surface area contributed by atoms with Crippen LogP contribution in [0.2, 0.25) is 0 Å². The lowest BCUT2D eigenvalue weighted by molar-refractivity contribution is -0.138. The molecule has 0 aromatic carbocycles. The highest BCUT2D eigenvalue weighted by Gasteiger charge is 2.33. The Hall–Kier alpha value is -0.770. The maximum Gasteiger partial charge on any atom is 0.416 e. The number of hydrogen-bond acceptors (Lipinski definition) is 1. The van der Waals surface area contributed by atoms with Gasteiger partial charge in [-0.25, -0.2) is 0 Å². The second-order valence-corrected chi connectivity index (χ2v) is 2.88. The molecular weight excluding hydrogens is 203 g/mol. The summed E-state index contributed by atoms with van der Waals surface area (Å²) >= 11 is 5.35. The minimum Gasteiger partial charge on any atom is -0.261 e. The van der Waals surface area contributed by atoms with E-state index < -0.39 is 11.7 Å². The van der Waals surface area contributed by atoms with E-state index in [-0.39, 0.29) is 11.4 Å². The van der Waals surface area contributed by atoms with Crippen molar-refractivity contribution in [3.8, 4) is 0 Å². The van der Waals surface area contributed by atoms with Crippen LogP contribution < -0.4 is 0 Å². The largest absolute Gasteiger partial charge is 0.416 e. The molecular formula is C8H7ClF3N. The van der Waals surface area contributed by atoms with Gasteiger partial charge in [0.25, 0.3) is 0 Å². The number of rotatable bonds is 1. The van der Waals surface area contributed by atoms with E-state index in [4.69, 9.17) is 11.6 Å². The number of halogens is 4. The molecule has 0 spiro atoms. The summed E-state index contributed by atoms with van der Waals surface area (Å²) in [6.45, 7) is 1.51. The molecule has 0 amide bonds. The molecule has 0 aliphatic rings. The third kappa shape index (κ3) is 2.34. The summed E-state index contributed by atoms with van der Waals surface area (Å²) in [7, 11) is 0. The number of aryl methyl sites for hydroxylation is 1. The summed E-state index contributed by atoms with van der Waals surface area (Å²) in [5.74, 6) is -0.178. The van der Waals surface area contributed by atoms with Crippen LogP contribution in [0.4, 0.5) is 13.2 Å². The van der Waals surface area contributed by atoms with Gasteiger partial charge >= 0.3 is 6.18 Å². The van der Waals surface area contributed by atoms with Crippen molar-refractivity contribution in [1.82, 2.24) is 4.98 Å². The zero-order valence-electron chi connectivity index (χ0n) is 6.82.